The van der Waals surface area contributed by atoms with Crippen molar-refractivity contribution in [2.24, 2.45) is 0 Å². The maximum Gasteiger partial charge on any atom is 0.243 e. The molecule has 0 saturated carbocycles. The summed E-state index contributed by atoms with van der Waals surface area (Å²) in [6, 6.07) is 7.69. The van der Waals surface area contributed by atoms with Gasteiger partial charge >= 0.3 is 0 Å². The van der Waals surface area contributed by atoms with Crippen molar-refractivity contribution in [3.05, 3.63) is 41.8 Å². The zero-order chi connectivity index (χ0) is 18.0. The van der Waals surface area contributed by atoms with Crippen LogP contribution in [0.4, 0.5) is 5.69 Å². The van der Waals surface area contributed by atoms with Crippen molar-refractivity contribution in [1.29, 1.82) is 0 Å². The molecule has 8 heteroatoms. The van der Waals surface area contributed by atoms with Gasteiger partial charge in [-0.1, -0.05) is 12.1 Å². The van der Waals surface area contributed by atoms with Crippen LogP contribution in [0.3, 0.4) is 0 Å². The Morgan fingerprint density at radius 3 is 2.68 bits per heavy atom. The molecule has 3 rings (SSSR count). The number of hydrogen-bond acceptors (Lipinski definition) is 5. The zero-order valence-corrected chi connectivity index (χ0v) is 15.0. The molecule has 2 heterocycles. The van der Waals surface area contributed by atoms with Crippen LogP contribution in [0.25, 0.3) is 0 Å². The van der Waals surface area contributed by atoms with E-state index in [1.165, 1.54) is 23.4 Å². The number of nitrogens with zero attached hydrogens (tertiary/aromatic N) is 2. The molecule has 1 atom stereocenters. The zero-order valence-electron chi connectivity index (χ0n) is 14.2. The molecule has 1 fully saturated rings. The summed E-state index contributed by atoms with van der Waals surface area (Å²) in [5.41, 5.74) is 1.38. The predicted octanol–water partition coefficient (Wildman–Crippen LogP) is 2.72. The third-order valence-electron chi connectivity index (χ3n) is 4.25. The maximum absolute atomic E-state index is 13.0. The van der Waals surface area contributed by atoms with Crippen molar-refractivity contribution in [3.63, 3.8) is 0 Å². The Bertz CT molecular complexity index is 858. The van der Waals surface area contributed by atoms with Crippen LogP contribution in [0.1, 0.15) is 44.2 Å². The lowest BCUT2D eigenvalue weighted by Gasteiger charge is -2.22. The highest BCUT2D eigenvalue weighted by Gasteiger charge is 2.38. The van der Waals surface area contributed by atoms with E-state index in [0.29, 0.717) is 24.4 Å². The third-order valence-corrected chi connectivity index (χ3v) is 6.18. The van der Waals surface area contributed by atoms with Gasteiger partial charge in [-0.05, 0) is 43.5 Å². The van der Waals surface area contributed by atoms with Gasteiger partial charge in [-0.3, -0.25) is 4.79 Å². The van der Waals surface area contributed by atoms with E-state index in [4.69, 9.17) is 4.52 Å². The largest absolute Gasteiger partial charge is 0.359 e. The van der Waals surface area contributed by atoms with Crippen molar-refractivity contribution in [2.45, 2.75) is 44.0 Å². The van der Waals surface area contributed by atoms with Crippen LogP contribution >= 0.6 is 0 Å². The lowest BCUT2D eigenvalue weighted by Crippen LogP contribution is -2.30. The molecule has 25 heavy (non-hydrogen) atoms. The number of aromatic nitrogens is 1. The number of amides is 1. The van der Waals surface area contributed by atoms with E-state index in [1.54, 1.807) is 12.1 Å². The number of rotatable bonds is 5. The lowest BCUT2D eigenvalue weighted by molar-refractivity contribution is -0.114. The van der Waals surface area contributed by atoms with Gasteiger partial charge in [0.25, 0.3) is 0 Å². The van der Waals surface area contributed by atoms with Crippen molar-refractivity contribution < 1.29 is 17.7 Å². The van der Waals surface area contributed by atoms with Gasteiger partial charge in [0.05, 0.1) is 16.6 Å². The van der Waals surface area contributed by atoms with E-state index < -0.39 is 10.0 Å². The van der Waals surface area contributed by atoms with Crippen LogP contribution in [0, 0.1) is 0 Å². The number of aryl methyl sites for hydroxylation is 1. The fourth-order valence-electron chi connectivity index (χ4n) is 3.01. The van der Waals surface area contributed by atoms with Crippen molar-refractivity contribution in [3.8, 4) is 0 Å². The summed E-state index contributed by atoms with van der Waals surface area (Å²) in [4.78, 5) is 11.3. The van der Waals surface area contributed by atoms with Crippen LogP contribution < -0.4 is 5.32 Å². The highest BCUT2D eigenvalue weighted by atomic mass is 32.2. The molecule has 1 aromatic carbocycles. The van der Waals surface area contributed by atoms with Crippen LogP contribution in [0.5, 0.6) is 0 Å². The van der Waals surface area contributed by atoms with Gasteiger partial charge in [0.15, 0.2) is 5.76 Å². The summed E-state index contributed by atoms with van der Waals surface area (Å²) in [6.45, 7) is 3.82. The van der Waals surface area contributed by atoms with E-state index in [9.17, 15) is 13.2 Å². The van der Waals surface area contributed by atoms with Gasteiger partial charge in [0.1, 0.15) is 0 Å². The maximum atomic E-state index is 13.0. The first-order chi connectivity index (χ1) is 11.9. The molecule has 0 unspecified atom stereocenters. The summed E-state index contributed by atoms with van der Waals surface area (Å²) in [6.07, 6.45) is 2.23. The number of benzene rings is 1. The number of sulfonamides is 1. The average Bonchev–Trinajstić information content (AvgIpc) is 3.23. The molecule has 2 aromatic rings. The normalized spacial score (nSPS) is 18.4. The quantitative estimate of drug-likeness (QED) is 0.882. The molecule has 1 aromatic heterocycles. The van der Waals surface area contributed by atoms with E-state index >= 15 is 0 Å². The lowest BCUT2D eigenvalue weighted by atomic mass is 10.1. The van der Waals surface area contributed by atoms with Gasteiger partial charge in [0.2, 0.25) is 15.9 Å². The number of carbonyl (C=O) groups excluding carboxylic acids is 1. The topological polar surface area (TPSA) is 92.5 Å². The smallest absolute Gasteiger partial charge is 0.243 e. The van der Waals surface area contributed by atoms with Gasteiger partial charge in [-0.2, -0.15) is 4.31 Å². The highest BCUT2D eigenvalue weighted by Crippen LogP contribution is 2.37. The number of anilines is 1. The minimum absolute atomic E-state index is 0.198. The van der Waals surface area contributed by atoms with E-state index in [2.05, 4.69) is 10.5 Å². The molecule has 0 spiro atoms. The van der Waals surface area contributed by atoms with Crippen LogP contribution in [0.2, 0.25) is 0 Å². The van der Waals surface area contributed by atoms with Crippen molar-refractivity contribution in [1.82, 2.24) is 9.46 Å². The van der Waals surface area contributed by atoms with Gasteiger partial charge in [0, 0.05) is 25.2 Å². The molecule has 134 valence electrons. The Labute approximate surface area is 147 Å². The SMILES string of the molecule is CCc1cc([C@H]2CCCN2S(=O)(=O)c2ccc(NC(C)=O)cc2)on1. The molecule has 0 bridgehead atoms. The summed E-state index contributed by atoms with van der Waals surface area (Å²) < 4.78 is 32.8. The van der Waals surface area contributed by atoms with Gasteiger partial charge < -0.3 is 9.84 Å². The summed E-state index contributed by atoms with van der Waals surface area (Å²) in [5, 5.41) is 6.60. The second-order valence-electron chi connectivity index (χ2n) is 6.05. The van der Waals surface area contributed by atoms with Gasteiger partial charge in [-0.15, -0.1) is 0 Å². The molecule has 1 N–H and O–H groups in total. The standard InChI is InChI=1S/C17H21N3O4S/c1-3-13-11-17(24-19-13)16-5-4-10-20(16)25(22,23)15-8-6-14(7-9-15)18-12(2)21/h6-9,11,16H,3-5,10H2,1-2H3,(H,18,21)/t16-/m1/s1. The first-order valence-corrected chi connectivity index (χ1v) is 9.71. The second-order valence-corrected chi connectivity index (χ2v) is 7.94. The minimum Gasteiger partial charge on any atom is -0.359 e. The molecule has 1 saturated heterocycles. The fourth-order valence-corrected chi connectivity index (χ4v) is 4.68. The Balaban J connectivity index is 1.86. The average molecular weight is 363 g/mol. The van der Waals surface area contributed by atoms with Crippen LogP contribution in [-0.4, -0.2) is 30.3 Å². The summed E-state index contributed by atoms with van der Waals surface area (Å²) >= 11 is 0. The molecule has 1 amide bonds. The Morgan fingerprint density at radius 1 is 1.36 bits per heavy atom. The van der Waals surface area contributed by atoms with Crippen LogP contribution in [0.15, 0.2) is 39.8 Å². The van der Waals surface area contributed by atoms with Gasteiger partial charge in [-0.25, -0.2) is 8.42 Å². The first kappa shape index (κ1) is 17.6. The molecule has 1 aliphatic heterocycles. The monoisotopic (exact) mass is 363 g/mol. The Kier molecular flexibility index (Phi) is 4.91. The fraction of sp³-hybridized carbons (Fsp3) is 0.412. The minimum atomic E-state index is -3.65. The summed E-state index contributed by atoms with van der Waals surface area (Å²) in [5.74, 6) is 0.389. The van der Waals surface area contributed by atoms with Crippen molar-refractivity contribution >= 4 is 21.6 Å². The predicted molar refractivity (Wildman–Crippen MR) is 92.5 cm³/mol. The Morgan fingerprint density at radius 2 is 2.08 bits per heavy atom. The van der Waals surface area contributed by atoms with E-state index in [0.717, 1.165) is 18.5 Å². The number of nitrogens with one attached hydrogen (secondary N) is 1. The molecule has 0 radical (unpaired) electrons. The van der Waals surface area contributed by atoms with E-state index in [-0.39, 0.29) is 16.8 Å². The summed E-state index contributed by atoms with van der Waals surface area (Å²) in [7, 11) is -3.65. The second kappa shape index (κ2) is 6.97. The molecule has 1 aliphatic rings. The van der Waals surface area contributed by atoms with Crippen LogP contribution in [-0.2, 0) is 21.2 Å². The van der Waals surface area contributed by atoms with Crippen molar-refractivity contribution in [2.75, 3.05) is 11.9 Å². The Hall–Kier alpha value is -2.19. The first-order valence-electron chi connectivity index (χ1n) is 8.27. The molecule has 7 nitrogen and oxygen atoms in total. The molecule has 0 aliphatic carbocycles. The molecular formula is C17H21N3O4S. The highest BCUT2D eigenvalue weighted by molar-refractivity contribution is 7.89. The molecular weight excluding hydrogens is 342 g/mol. The third kappa shape index (κ3) is 3.59. The number of carbonyl (C=O) groups is 1. The number of hydrogen-bond donors (Lipinski definition) is 1. The van der Waals surface area contributed by atoms with E-state index in [1.807, 2.05) is 13.0 Å².